The maximum absolute atomic E-state index is 12.1. The average Bonchev–Trinajstić information content (AvgIpc) is 2.60. The van der Waals surface area contributed by atoms with Gasteiger partial charge < -0.3 is 9.64 Å². The van der Waals surface area contributed by atoms with Crippen molar-refractivity contribution in [1.82, 2.24) is 4.90 Å². The second-order valence-electron chi connectivity index (χ2n) is 5.67. The number of carbonyl (C=O) groups is 1. The second-order valence-corrected chi connectivity index (χ2v) is 5.67. The van der Waals surface area contributed by atoms with E-state index in [1.807, 2.05) is 18.3 Å². The largest absolute Gasteiger partial charge is 0.370 e. The summed E-state index contributed by atoms with van der Waals surface area (Å²) < 4.78 is 5.25. The van der Waals surface area contributed by atoms with Crippen LogP contribution in [0.4, 0.5) is 0 Å². The van der Waals surface area contributed by atoms with E-state index in [4.69, 9.17) is 10.00 Å². The first-order valence-electron chi connectivity index (χ1n) is 7.45. The lowest BCUT2D eigenvalue weighted by molar-refractivity contribution is -0.125. The standard InChI is InChI=1S/C19H15N3O2/c1-22-11-14-7-17(23)18(24-2)8-15(14)19(16(22)10-21)13-5-3-12(9-20)4-6-13/h3-6,8,11,18H,7H2,1-2H3. The number of allylic oxidation sites excluding steroid dienone is 4. The first kappa shape index (κ1) is 15.7. The molecule has 1 aliphatic heterocycles. The van der Waals surface area contributed by atoms with Crippen LogP contribution in [0.15, 0.2) is 53.4 Å². The van der Waals surface area contributed by atoms with E-state index in [-0.39, 0.29) is 12.2 Å². The fourth-order valence-electron chi connectivity index (χ4n) is 3.03. The average molecular weight is 317 g/mol. The highest BCUT2D eigenvalue weighted by molar-refractivity contribution is 5.98. The number of rotatable bonds is 2. The van der Waals surface area contributed by atoms with E-state index in [0.29, 0.717) is 11.3 Å². The van der Waals surface area contributed by atoms with Crippen LogP contribution >= 0.6 is 0 Å². The number of hydrogen-bond acceptors (Lipinski definition) is 5. The fraction of sp³-hybridized carbons (Fsp3) is 0.211. The molecule has 2 aliphatic rings. The van der Waals surface area contributed by atoms with Gasteiger partial charge in [0.25, 0.3) is 0 Å². The third-order valence-corrected chi connectivity index (χ3v) is 4.22. The topological polar surface area (TPSA) is 77.1 Å². The number of benzene rings is 1. The highest BCUT2D eigenvalue weighted by Gasteiger charge is 2.32. The molecule has 0 saturated heterocycles. The summed E-state index contributed by atoms with van der Waals surface area (Å²) in [7, 11) is 3.29. The van der Waals surface area contributed by atoms with Gasteiger partial charge in [0, 0.05) is 32.4 Å². The Labute approximate surface area is 140 Å². The number of ketones is 1. The molecular weight excluding hydrogens is 302 g/mol. The summed E-state index contributed by atoms with van der Waals surface area (Å²) >= 11 is 0. The summed E-state index contributed by atoms with van der Waals surface area (Å²) in [5.74, 6) is 0.000450. The molecule has 0 spiro atoms. The molecule has 1 aromatic rings. The summed E-state index contributed by atoms with van der Waals surface area (Å²) in [4.78, 5) is 13.9. The van der Waals surface area contributed by atoms with Crippen LogP contribution in [0.25, 0.3) is 5.57 Å². The number of fused-ring (bicyclic) bond motifs is 1. The van der Waals surface area contributed by atoms with E-state index in [1.165, 1.54) is 7.11 Å². The van der Waals surface area contributed by atoms with Gasteiger partial charge in [0.2, 0.25) is 0 Å². The van der Waals surface area contributed by atoms with E-state index in [0.717, 1.165) is 22.3 Å². The number of nitrogens with zero attached hydrogens (tertiary/aromatic N) is 3. The van der Waals surface area contributed by atoms with Crippen LogP contribution in [0.1, 0.15) is 17.5 Å². The summed E-state index contributed by atoms with van der Waals surface area (Å²) in [6, 6.07) is 11.4. The molecular formula is C19H15N3O2. The van der Waals surface area contributed by atoms with Gasteiger partial charge in [0.15, 0.2) is 5.78 Å². The molecule has 1 aliphatic carbocycles. The van der Waals surface area contributed by atoms with Crippen LogP contribution < -0.4 is 0 Å². The molecule has 0 N–H and O–H groups in total. The van der Waals surface area contributed by atoms with E-state index in [9.17, 15) is 10.1 Å². The predicted octanol–water partition coefficient (Wildman–Crippen LogP) is 2.54. The summed E-state index contributed by atoms with van der Waals surface area (Å²) in [5.41, 5.74) is 4.37. The maximum Gasteiger partial charge on any atom is 0.169 e. The number of ether oxygens (including phenoxy) is 1. The van der Waals surface area contributed by atoms with Crippen molar-refractivity contribution in [3.8, 4) is 12.1 Å². The molecule has 118 valence electrons. The van der Waals surface area contributed by atoms with Gasteiger partial charge in [-0.15, -0.1) is 0 Å². The molecule has 5 heteroatoms. The van der Waals surface area contributed by atoms with E-state index < -0.39 is 6.10 Å². The van der Waals surface area contributed by atoms with Gasteiger partial charge in [0.1, 0.15) is 17.9 Å². The van der Waals surface area contributed by atoms with Crippen LogP contribution in [0.2, 0.25) is 0 Å². The number of methoxy groups -OCH3 is 1. The van der Waals surface area contributed by atoms with Crippen molar-refractivity contribution in [3.63, 3.8) is 0 Å². The Morgan fingerprint density at radius 3 is 2.50 bits per heavy atom. The number of hydrogen-bond donors (Lipinski definition) is 0. The van der Waals surface area contributed by atoms with Crippen LogP contribution in [-0.4, -0.2) is 30.9 Å². The highest BCUT2D eigenvalue weighted by atomic mass is 16.5. The third-order valence-electron chi connectivity index (χ3n) is 4.22. The molecule has 0 saturated carbocycles. The molecule has 1 aromatic carbocycles. The fourth-order valence-corrected chi connectivity index (χ4v) is 3.03. The van der Waals surface area contributed by atoms with E-state index in [2.05, 4.69) is 12.1 Å². The van der Waals surface area contributed by atoms with Crippen molar-refractivity contribution in [2.24, 2.45) is 0 Å². The minimum absolute atomic E-state index is 0.000450. The van der Waals surface area contributed by atoms with Crippen LogP contribution in [-0.2, 0) is 9.53 Å². The summed E-state index contributed by atoms with van der Waals surface area (Å²) in [6.45, 7) is 0. The SMILES string of the molecule is COC1C=C2C(=CN(C)C(C#N)=C2c2ccc(C#N)cc2)CC1=O. The summed E-state index contributed by atoms with van der Waals surface area (Å²) in [6.07, 6.45) is 3.26. The smallest absolute Gasteiger partial charge is 0.169 e. The van der Waals surface area contributed by atoms with Crippen molar-refractivity contribution >= 4 is 11.4 Å². The van der Waals surface area contributed by atoms with Gasteiger partial charge in [-0.1, -0.05) is 12.1 Å². The second kappa shape index (κ2) is 6.16. The zero-order valence-electron chi connectivity index (χ0n) is 13.4. The van der Waals surface area contributed by atoms with Gasteiger partial charge in [0.05, 0.1) is 11.6 Å². The Kier molecular flexibility index (Phi) is 4.04. The van der Waals surface area contributed by atoms with E-state index in [1.54, 1.807) is 30.2 Å². The molecule has 0 amide bonds. The Morgan fingerprint density at radius 2 is 1.92 bits per heavy atom. The van der Waals surface area contributed by atoms with Gasteiger partial charge in [-0.3, -0.25) is 4.79 Å². The lowest BCUT2D eigenvalue weighted by Crippen LogP contribution is -2.29. The van der Waals surface area contributed by atoms with Crippen molar-refractivity contribution in [2.75, 3.05) is 14.2 Å². The van der Waals surface area contributed by atoms with Crippen LogP contribution in [0.3, 0.4) is 0 Å². The van der Waals surface area contributed by atoms with Crippen molar-refractivity contribution in [2.45, 2.75) is 12.5 Å². The van der Waals surface area contributed by atoms with Gasteiger partial charge in [-0.05, 0) is 34.9 Å². The molecule has 0 radical (unpaired) electrons. The van der Waals surface area contributed by atoms with E-state index >= 15 is 0 Å². The van der Waals surface area contributed by atoms with Crippen LogP contribution in [0.5, 0.6) is 0 Å². The first-order chi connectivity index (χ1) is 11.6. The van der Waals surface area contributed by atoms with Crippen LogP contribution in [0, 0.1) is 22.7 Å². The van der Waals surface area contributed by atoms with Crippen molar-refractivity contribution < 1.29 is 9.53 Å². The first-order valence-corrected chi connectivity index (χ1v) is 7.45. The number of Topliss-reactive ketones (excluding diaryl/α,β-unsaturated/α-hetero) is 1. The molecule has 1 unspecified atom stereocenters. The monoisotopic (exact) mass is 317 g/mol. The van der Waals surface area contributed by atoms with Crippen molar-refractivity contribution in [1.29, 1.82) is 10.5 Å². The summed E-state index contributed by atoms with van der Waals surface area (Å²) in [5, 5.41) is 18.6. The molecule has 1 heterocycles. The minimum atomic E-state index is -0.603. The normalized spacial score (nSPS) is 19.9. The molecule has 24 heavy (non-hydrogen) atoms. The van der Waals surface area contributed by atoms with Crippen molar-refractivity contribution in [3.05, 3.63) is 64.5 Å². The molecule has 0 fully saturated rings. The Balaban J connectivity index is 2.20. The highest BCUT2D eigenvalue weighted by Crippen LogP contribution is 2.40. The molecule has 0 aromatic heterocycles. The lowest BCUT2D eigenvalue weighted by Gasteiger charge is -2.31. The van der Waals surface area contributed by atoms with Gasteiger partial charge in [-0.25, -0.2) is 0 Å². The molecule has 3 rings (SSSR count). The molecule has 0 bridgehead atoms. The zero-order valence-corrected chi connectivity index (χ0v) is 13.4. The zero-order chi connectivity index (χ0) is 17.3. The molecule has 1 atom stereocenters. The maximum atomic E-state index is 12.1. The predicted molar refractivity (Wildman–Crippen MR) is 88.0 cm³/mol. The van der Waals surface area contributed by atoms with Gasteiger partial charge in [-0.2, -0.15) is 10.5 Å². The number of nitriles is 2. The Morgan fingerprint density at radius 1 is 1.21 bits per heavy atom. The quantitative estimate of drug-likeness (QED) is 0.837. The lowest BCUT2D eigenvalue weighted by atomic mass is 9.81. The Bertz CT molecular complexity index is 877. The minimum Gasteiger partial charge on any atom is -0.370 e. The number of carbonyl (C=O) groups excluding carboxylic acids is 1. The van der Waals surface area contributed by atoms with Gasteiger partial charge >= 0.3 is 0 Å². The molecule has 5 nitrogen and oxygen atoms in total. The Hall–Kier alpha value is -3.15. The third kappa shape index (κ3) is 2.52.